The first-order chi connectivity index (χ1) is 22.9. The second-order valence-corrected chi connectivity index (χ2v) is 17.2. The van der Waals surface area contributed by atoms with Crippen LogP contribution in [0.1, 0.15) is 117 Å². The van der Waals surface area contributed by atoms with Crippen LogP contribution in [0.5, 0.6) is 0 Å². The van der Waals surface area contributed by atoms with Crippen LogP contribution in [0, 0.1) is 11.8 Å². The number of rotatable bonds is 7. The summed E-state index contributed by atoms with van der Waals surface area (Å²) in [6.07, 6.45) is 11.0. The summed E-state index contributed by atoms with van der Waals surface area (Å²) in [5.74, 6) is -2.05. The molecular weight excluding hydrogens is 638 g/mol. The molecule has 5 atom stereocenters. The number of nitrogens with zero attached hydrogens (tertiary/aromatic N) is 1. The Morgan fingerprint density at radius 1 is 0.896 bits per heavy atom. The number of ether oxygens (including phenoxy) is 1. The molecule has 5 fully saturated rings. The predicted octanol–water partition coefficient (Wildman–Crippen LogP) is 2.47. The van der Waals surface area contributed by atoms with Crippen molar-refractivity contribution in [1.29, 1.82) is 0 Å². The van der Waals surface area contributed by atoms with Crippen LogP contribution >= 0.6 is 0 Å². The van der Waals surface area contributed by atoms with Gasteiger partial charge < -0.3 is 30.9 Å². The number of hydrogen-bond acceptors (Lipinski definition) is 8. The highest BCUT2D eigenvalue weighted by atomic mass is 32.2. The van der Waals surface area contributed by atoms with Crippen molar-refractivity contribution in [3.63, 3.8) is 0 Å². The molecule has 5 aliphatic rings. The molecule has 0 spiro atoms. The molecule has 2 aliphatic carbocycles. The number of nitrogens with one attached hydrogen (secondary N) is 4. The topological polar surface area (TPSA) is 180 Å². The number of amides is 5. The Hall–Kier alpha value is -2.74. The standard InChI is InChI=1S/C34H55N5O8S/c1-22(2)23-20-27-29(41)36-25(28(40)30(42)35-24-14-15-24)12-8-5-3-4-6-9-13-26(31(43)39(27)21-23)37-33(44)38-34(16-10-7-11-17-34)32-47-18-19-48(32,45)46/h22-27,32H,3-21H2,1-2H3,(H,35,42)(H,36,41)(H2,37,38,44)/t23-,25+,26+,27+,32?/m1/s1. The third-order valence-electron chi connectivity index (χ3n) is 11.0. The fourth-order valence-corrected chi connectivity index (χ4v) is 9.72. The molecule has 5 amide bonds. The smallest absolute Gasteiger partial charge is 0.315 e. The SMILES string of the molecule is CC(C)[C@@H]1C[C@H]2C(=O)N[C@H](C(=O)C(=O)NC3CC3)CCCCCCCC[C@H](NC(=O)NC3(C4OCCS4(=O)=O)CCCCC3)C(=O)N2C1. The van der Waals surface area contributed by atoms with Crippen LogP contribution in [-0.2, 0) is 33.8 Å². The van der Waals surface area contributed by atoms with Gasteiger partial charge in [-0.05, 0) is 56.8 Å². The van der Waals surface area contributed by atoms with Crippen LogP contribution in [0.15, 0.2) is 0 Å². The van der Waals surface area contributed by atoms with Crippen LogP contribution in [-0.4, -0.2) is 96.9 Å². The number of Topliss-reactive ketones (excluding diaryl/α,β-unsaturated/α-hetero) is 1. The van der Waals surface area contributed by atoms with E-state index in [0.29, 0.717) is 51.5 Å². The minimum Gasteiger partial charge on any atom is -0.359 e. The maximum atomic E-state index is 14.3. The Bertz CT molecular complexity index is 1310. The molecular formula is C34H55N5O8S. The molecule has 1 unspecified atom stereocenters. The zero-order chi connectivity index (χ0) is 34.5. The van der Waals surface area contributed by atoms with Gasteiger partial charge in [0, 0.05) is 12.6 Å². The van der Waals surface area contributed by atoms with Crippen molar-refractivity contribution in [1.82, 2.24) is 26.2 Å². The second kappa shape index (κ2) is 15.9. The lowest BCUT2D eigenvalue weighted by atomic mass is 9.82. The Labute approximate surface area is 284 Å². The molecule has 48 heavy (non-hydrogen) atoms. The molecule has 3 saturated heterocycles. The zero-order valence-corrected chi connectivity index (χ0v) is 29.4. The van der Waals surface area contributed by atoms with Crippen LogP contribution in [0.4, 0.5) is 4.79 Å². The van der Waals surface area contributed by atoms with Crippen molar-refractivity contribution in [3.05, 3.63) is 0 Å². The molecule has 2 saturated carbocycles. The summed E-state index contributed by atoms with van der Waals surface area (Å²) in [5, 5.41) is 11.5. The summed E-state index contributed by atoms with van der Waals surface area (Å²) in [6.45, 7) is 4.50. The molecule has 4 N–H and O–H groups in total. The number of fused-ring (bicyclic) bond motifs is 1. The molecule has 3 aliphatic heterocycles. The first-order valence-corrected chi connectivity index (χ1v) is 20.0. The van der Waals surface area contributed by atoms with E-state index >= 15 is 0 Å². The molecule has 0 aromatic rings. The van der Waals surface area contributed by atoms with Gasteiger partial charge in [-0.2, -0.15) is 0 Å². The van der Waals surface area contributed by atoms with Gasteiger partial charge in [-0.3, -0.25) is 19.2 Å². The van der Waals surface area contributed by atoms with Crippen LogP contribution in [0.25, 0.3) is 0 Å². The molecule has 270 valence electrons. The van der Waals surface area contributed by atoms with Crippen molar-refractivity contribution in [3.8, 4) is 0 Å². The third kappa shape index (κ3) is 8.88. The number of ketones is 1. The van der Waals surface area contributed by atoms with E-state index < -0.39 is 62.6 Å². The molecule has 0 radical (unpaired) electrons. The van der Waals surface area contributed by atoms with E-state index in [9.17, 15) is 32.4 Å². The second-order valence-electron chi connectivity index (χ2n) is 15.1. The number of hydrogen-bond donors (Lipinski definition) is 4. The van der Waals surface area contributed by atoms with Gasteiger partial charge in [-0.25, -0.2) is 13.2 Å². The lowest BCUT2D eigenvalue weighted by Gasteiger charge is -2.41. The Kier molecular flexibility index (Phi) is 12.1. The lowest BCUT2D eigenvalue weighted by Crippen LogP contribution is -2.63. The summed E-state index contributed by atoms with van der Waals surface area (Å²) in [5.41, 5.74) is -2.20. The summed E-state index contributed by atoms with van der Waals surface area (Å²) >= 11 is 0. The average molecular weight is 694 g/mol. The fraction of sp³-hybridized carbons (Fsp3) is 0.853. The summed E-state index contributed by atoms with van der Waals surface area (Å²) in [6, 6.07) is -3.37. The van der Waals surface area contributed by atoms with Gasteiger partial charge in [-0.15, -0.1) is 0 Å². The molecule has 0 aromatic heterocycles. The first-order valence-electron chi connectivity index (χ1n) is 18.3. The number of urea groups is 1. The van der Waals surface area contributed by atoms with Crippen molar-refractivity contribution in [2.75, 3.05) is 18.9 Å². The van der Waals surface area contributed by atoms with Gasteiger partial charge in [0.05, 0.1) is 23.9 Å². The molecule has 14 heteroatoms. The monoisotopic (exact) mass is 693 g/mol. The number of carbonyl (C=O) groups is 5. The molecule has 0 bridgehead atoms. The van der Waals surface area contributed by atoms with E-state index in [1.165, 1.54) is 4.90 Å². The maximum absolute atomic E-state index is 14.3. The minimum atomic E-state index is -3.56. The molecule has 0 aromatic carbocycles. The molecule has 5 rings (SSSR count). The van der Waals surface area contributed by atoms with Gasteiger partial charge in [0.2, 0.25) is 17.6 Å². The summed E-state index contributed by atoms with van der Waals surface area (Å²) in [7, 11) is -3.56. The van der Waals surface area contributed by atoms with Crippen molar-refractivity contribution >= 4 is 39.4 Å². The van der Waals surface area contributed by atoms with E-state index in [-0.39, 0.29) is 36.1 Å². The largest absolute Gasteiger partial charge is 0.359 e. The highest BCUT2D eigenvalue weighted by Crippen LogP contribution is 2.37. The average Bonchev–Trinajstić information content (AvgIpc) is 3.60. The highest BCUT2D eigenvalue weighted by Gasteiger charge is 2.52. The van der Waals surface area contributed by atoms with E-state index in [4.69, 9.17) is 4.74 Å². The number of sulfone groups is 1. The van der Waals surface area contributed by atoms with Gasteiger partial charge in [0.1, 0.15) is 12.1 Å². The van der Waals surface area contributed by atoms with E-state index in [0.717, 1.165) is 57.8 Å². The Morgan fingerprint density at radius 3 is 2.17 bits per heavy atom. The van der Waals surface area contributed by atoms with Crippen molar-refractivity contribution in [2.45, 2.75) is 152 Å². The number of carbonyl (C=O) groups excluding carboxylic acids is 5. The predicted molar refractivity (Wildman–Crippen MR) is 178 cm³/mol. The van der Waals surface area contributed by atoms with Gasteiger partial charge in [-0.1, -0.05) is 71.6 Å². The maximum Gasteiger partial charge on any atom is 0.315 e. The quantitative estimate of drug-likeness (QED) is 0.294. The third-order valence-corrected chi connectivity index (χ3v) is 13.0. The van der Waals surface area contributed by atoms with Crippen molar-refractivity contribution in [2.24, 2.45) is 11.8 Å². The molecule has 13 nitrogen and oxygen atoms in total. The minimum absolute atomic E-state index is 0.0128. The highest BCUT2D eigenvalue weighted by molar-refractivity contribution is 7.92. The first kappa shape index (κ1) is 36.5. The van der Waals surface area contributed by atoms with Gasteiger partial charge >= 0.3 is 6.03 Å². The van der Waals surface area contributed by atoms with Crippen LogP contribution in [0.3, 0.4) is 0 Å². The van der Waals surface area contributed by atoms with E-state index in [2.05, 4.69) is 21.3 Å². The van der Waals surface area contributed by atoms with Crippen LogP contribution in [0.2, 0.25) is 0 Å². The lowest BCUT2D eigenvalue weighted by molar-refractivity contribution is -0.143. The van der Waals surface area contributed by atoms with Gasteiger partial charge in [0.15, 0.2) is 15.3 Å². The Morgan fingerprint density at radius 2 is 1.54 bits per heavy atom. The fourth-order valence-electron chi connectivity index (χ4n) is 7.89. The molecule has 3 heterocycles. The summed E-state index contributed by atoms with van der Waals surface area (Å²) < 4.78 is 31.6. The zero-order valence-electron chi connectivity index (χ0n) is 28.6. The Balaban J connectivity index is 1.35. The van der Waals surface area contributed by atoms with Crippen LogP contribution < -0.4 is 21.3 Å². The summed E-state index contributed by atoms with van der Waals surface area (Å²) in [4.78, 5) is 69.4. The van der Waals surface area contributed by atoms with Gasteiger partial charge in [0.25, 0.3) is 5.91 Å². The van der Waals surface area contributed by atoms with E-state index in [1.807, 2.05) is 13.8 Å². The van der Waals surface area contributed by atoms with Crippen molar-refractivity contribution < 1.29 is 37.1 Å². The normalized spacial score (nSPS) is 31.6. The van der Waals surface area contributed by atoms with E-state index in [1.54, 1.807) is 0 Å².